The molecule has 2 saturated heterocycles. The average Bonchev–Trinajstić information content (AvgIpc) is 3.27. The van der Waals surface area contributed by atoms with Crippen molar-refractivity contribution in [2.75, 3.05) is 26.2 Å². The Morgan fingerprint density at radius 3 is 2.10 bits per heavy atom. The number of nitrogens with one attached hydrogen (secondary N) is 1. The molecule has 3 heterocycles. The molecule has 0 bridgehead atoms. The summed E-state index contributed by atoms with van der Waals surface area (Å²) in [6.07, 6.45) is 0.273. The van der Waals surface area contributed by atoms with Gasteiger partial charge in [-0.2, -0.15) is 0 Å². The molecule has 42 heavy (non-hydrogen) atoms. The first-order valence-electron chi connectivity index (χ1n) is 13.7. The van der Waals surface area contributed by atoms with Gasteiger partial charge in [0.15, 0.2) is 0 Å². The van der Waals surface area contributed by atoms with Crippen LogP contribution in [0.4, 0.5) is 13.2 Å². The van der Waals surface area contributed by atoms with E-state index in [1.807, 2.05) is 4.90 Å². The molecule has 3 aliphatic heterocycles. The largest absolute Gasteiger partial charge is 0.336 e. The predicted octanol–water partition coefficient (Wildman–Crippen LogP) is 3.41. The number of amides is 4. The standard InChI is InChI=1S/C31H27F3N4O4/c32-21-5-1-3-18(13-21)28(19-4-2-6-22(33)14-19)36-9-11-37(12-10-36)30(41)24-15-20-17-38(31(42)23(20)16-25(24)34)26-7-8-27(39)35-29(26)40/h1-6,13-16,26,28H,7-12,17H2,(H,35,39,40). The van der Waals surface area contributed by atoms with Crippen LogP contribution in [0.5, 0.6) is 0 Å². The van der Waals surface area contributed by atoms with E-state index in [9.17, 15) is 28.0 Å². The first-order chi connectivity index (χ1) is 20.2. The number of piperidine rings is 1. The Bertz CT molecular complexity index is 1560. The van der Waals surface area contributed by atoms with Gasteiger partial charge in [-0.05, 0) is 59.5 Å². The van der Waals surface area contributed by atoms with Crippen molar-refractivity contribution in [3.63, 3.8) is 0 Å². The summed E-state index contributed by atoms with van der Waals surface area (Å²) in [6, 6.07) is 13.3. The van der Waals surface area contributed by atoms with E-state index in [-0.39, 0.29) is 43.6 Å². The van der Waals surface area contributed by atoms with Gasteiger partial charge in [-0.15, -0.1) is 0 Å². The zero-order valence-corrected chi connectivity index (χ0v) is 22.5. The van der Waals surface area contributed by atoms with Gasteiger partial charge in [0.05, 0.1) is 11.6 Å². The smallest absolute Gasteiger partial charge is 0.256 e. The summed E-state index contributed by atoms with van der Waals surface area (Å²) in [5, 5.41) is 2.23. The fraction of sp³-hybridized carbons (Fsp3) is 0.290. The van der Waals surface area contributed by atoms with Gasteiger partial charge >= 0.3 is 0 Å². The summed E-state index contributed by atoms with van der Waals surface area (Å²) in [5.41, 5.74) is 1.65. The minimum atomic E-state index is -0.845. The molecule has 0 saturated carbocycles. The minimum absolute atomic E-state index is 0.0255. The zero-order chi connectivity index (χ0) is 29.5. The summed E-state index contributed by atoms with van der Waals surface area (Å²) in [4.78, 5) is 55.1. The molecule has 0 spiro atoms. The van der Waals surface area contributed by atoms with Gasteiger partial charge in [-0.1, -0.05) is 24.3 Å². The molecule has 1 unspecified atom stereocenters. The first-order valence-corrected chi connectivity index (χ1v) is 13.7. The summed E-state index contributed by atoms with van der Waals surface area (Å²) < 4.78 is 43.5. The van der Waals surface area contributed by atoms with Crippen molar-refractivity contribution in [1.82, 2.24) is 20.0 Å². The third-order valence-electron chi connectivity index (χ3n) is 8.14. The molecular formula is C31H27F3N4O4. The SMILES string of the molecule is O=C1CCC(N2Cc3cc(C(=O)N4CCN(C(c5cccc(F)c5)c5cccc(F)c5)CC4)c(F)cc3C2=O)C(=O)N1. The maximum Gasteiger partial charge on any atom is 0.256 e. The van der Waals surface area contributed by atoms with Gasteiger partial charge < -0.3 is 9.80 Å². The van der Waals surface area contributed by atoms with E-state index >= 15 is 4.39 Å². The summed E-state index contributed by atoms with van der Waals surface area (Å²) in [7, 11) is 0. The maximum atomic E-state index is 15.2. The lowest BCUT2D eigenvalue weighted by molar-refractivity contribution is -0.136. The number of rotatable bonds is 5. The molecule has 8 nitrogen and oxygen atoms in total. The van der Waals surface area contributed by atoms with Crippen LogP contribution < -0.4 is 5.32 Å². The Labute approximate surface area is 239 Å². The molecule has 0 aromatic heterocycles. The quantitative estimate of drug-likeness (QED) is 0.471. The van der Waals surface area contributed by atoms with Gasteiger partial charge in [-0.3, -0.25) is 29.4 Å². The number of imide groups is 1. The van der Waals surface area contributed by atoms with Crippen molar-refractivity contribution < 1.29 is 32.3 Å². The molecule has 1 atom stereocenters. The molecule has 4 amide bonds. The summed E-state index contributed by atoms with van der Waals surface area (Å²) in [5.74, 6) is -3.69. The van der Waals surface area contributed by atoms with Crippen molar-refractivity contribution in [1.29, 1.82) is 0 Å². The Morgan fingerprint density at radius 2 is 1.50 bits per heavy atom. The summed E-state index contributed by atoms with van der Waals surface area (Å²) in [6.45, 7) is 1.27. The summed E-state index contributed by atoms with van der Waals surface area (Å²) >= 11 is 0. The zero-order valence-electron chi connectivity index (χ0n) is 22.5. The third kappa shape index (κ3) is 5.16. The van der Waals surface area contributed by atoms with E-state index in [0.717, 1.165) is 6.07 Å². The van der Waals surface area contributed by atoms with Crippen LogP contribution in [0.25, 0.3) is 0 Å². The van der Waals surface area contributed by atoms with Crippen molar-refractivity contribution in [2.45, 2.75) is 31.5 Å². The molecule has 3 aromatic carbocycles. The maximum absolute atomic E-state index is 15.2. The van der Waals surface area contributed by atoms with Gasteiger partial charge in [0, 0.05) is 44.7 Å². The lowest BCUT2D eigenvalue weighted by Crippen LogP contribution is -2.52. The minimum Gasteiger partial charge on any atom is -0.336 e. The monoisotopic (exact) mass is 576 g/mol. The Hall–Kier alpha value is -4.51. The number of benzene rings is 3. The molecule has 1 N–H and O–H groups in total. The molecule has 0 radical (unpaired) electrons. The van der Waals surface area contributed by atoms with Crippen LogP contribution in [-0.2, 0) is 16.1 Å². The van der Waals surface area contributed by atoms with E-state index in [0.29, 0.717) is 29.8 Å². The Balaban J connectivity index is 1.19. The average molecular weight is 577 g/mol. The van der Waals surface area contributed by atoms with E-state index in [1.165, 1.54) is 40.1 Å². The second-order valence-electron chi connectivity index (χ2n) is 10.7. The van der Waals surface area contributed by atoms with Crippen molar-refractivity contribution in [2.24, 2.45) is 0 Å². The highest BCUT2D eigenvalue weighted by molar-refractivity contribution is 6.06. The number of piperazine rings is 1. The van der Waals surface area contributed by atoms with E-state index in [4.69, 9.17) is 0 Å². The number of carbonyl (C=O) groups is 4. The lowest BCUT2D eigenvalue weighted by Gasteiger charge is -2.40. The molecule has 3 aromatic rings. The molecule has 3 aliphatic rings. The fourth-order valence-electron chi connectivity index (χ4n) is 6.07. The molecule has 6 rings (SSSR count). The van der Waals surface area contributed by atoms with Crippen LogP contribution in [0, 0.1) is 17.5 Å². The molecule has 11 heteroatoms. The van der Waals surface area contributed by atoms with Crippen LogP contribution in [0.2, 0.25) is 0 Å². The van der Waals surface area contributed by atoms with Crippen molar-refractivity contribution in [3.8, 4) is 0 Å². The number of fused-ring (bicyclic) bond motifs is 1. The van der Waals surface area contributed by atoms with Crippen molar-refractivity contribution in [3.05, 3.63) is 106 Å². The Kier molecular flexibility index (Phi) is 7.28. The second-order valence-corrected chi connectivity index (χ2v) is 10.7. The van der Waals surface area contributed by atoms with Gasteiger partial charge in [0.25, 0.3) is 11.8 Å². The second kappa shape index (κ2) is 11.1. The highest BCUT2D eigenvalue weighted by atomic mass is 19.1. The predicted molar refractivity (Wildman–Crippen MR) is 145 cm³/mol. The number of hydrogen-bond donors (Lipinski definition) is 1. The van der Waals surface area contributed by atoms with Crippen molar-refractivity contribution >= 4 is 23.6 Å². The van der Waals surface area contributed by atoms with Gasteiger partial charge in [0.1, 0.15) is 23.5 Å². The van der Waals surface area contributed by atoms with Crippen LogP contribution in [0.15, 0.2) is 60.7 Å². The molecule has 216 valence electrons. The highest BCUT2D eigenvalue weighted by Crippen LogP contribution is 2.32. The molecular weight excluding hydrogens is 549 g/mol. The lowest BCUT2D eigenvalue weighted by atomic mass is 9.96. The van der Waals surface area contributed by atoms with Crippen LogP contribution in [-0.4, -0.2) is 70.5 Å². The van der Waals surface area contributed by atoms with E-state index in [1.54, 1.807) is 24.3 Å². The topological polar surface area (TPSA) is 90.0 Å². The van der Waals surface area contributed by atoms with Gasteiger partial charge in [-0.25, -0.2) is 13.2 Å². The number of nitrogens with zero attached hydrogens (tertiary/aromatic N) is 3. The van der Waals surface area contributed by atoms with E-state index < -0.39 is 53.2 Å². The first kappa shape index (κ1) is 27.6. The van der Waals surface area contributed by atoms with Crippen LogP contribution >= 0.6 is 0 Å². The normalized spacial score (nSPS) is 19.3. The third-order valence-corrected chi connectivity index (χ3v) is 8.14. The van der Waals surface area contributed by atoms with E-state index in [2.05, 4.69) is 5.32 Å². The number of halogens is 3. The van der Waals surface area contributed by atoms with Crippen LogP contribution in [0.1, 0.15) is 56.3 Å². The molecule has 0 aliphatic carbocycles. The van der Waals surface area contributed by atoms with Gasteiger partial charge in [0.2, 0.25) is 11.8 Å². The van der Waals surface area contributed by atoms with Crippen LogP contribution in [0.3, 0.4) is 0 Å². The molecule has 2 fully saturated rings. The number of hydrogen-bond acceptors (Lipinski definition) is 5. The Morgan fingerprint density at radius 1 is 0.857 bits per heavy atom. The number of carbonyl (C=O) groups excluding carboxylic acids is 4. The fourth-order valence-corrected chi connectivity index (χ4v) is 6.07. The highest BCUT2D eigenvalue weighted by Gasteiger charge is 2.40.